The average molecular weight is 350 g/mol. The van der Waals surface area contributed by atoms with Crippen LogP contribution in [0, 0.1) is 6.92 Å². The maximum atomic E-state index is 12.9. The van der Waals surface area contributed by atoms with E-state index in [9.17, 15) is 9.59 Å². The van der Waals surface area contributed by atoms with E-state index in [4.69, 9.17) is 14.2 Å². The molecule has 1 aliphatic rings. The number of amides is 3. The van der Waals surface area contributed by atoms with E-state index in [1.807, 2.05) is 26.8 Å². The number of urea groups is 1. The Labute approximate surface area is 148 Å². The minimum Gasteiger partial charge on any atom is -0.496 e. The van der Waals surface area contributed by atoms with Crippen molar-refractivity contribution in [3.63, 3.8) is 0 Å². The van der Waals surface area contributed by atoms with Crippen LogP contribution in [-0.2, 0) is 19.8 Å². The van der Waals surface area contributed by atoms with Crippen LogP contribution in [0.4, 0.5) is 4.79 Å². The van der Waals surface area contributed by atoms with Gasteiger partial charge in [-0.05, 0) is 51.0 Å². The molecule has 0 aromatic heterocycles. The first-order valence-electron chi connectivity index (χ1n) is 8.39. The summed E-state index contributed by atoms with van der Waals surface area (Å²) in [6, 6.07) is 4.98. The van der Waals surface area contributed by atoms with E-state index >= 15 is 0 Å². The summed E-state index contributed by atoms with van der Waals surface area (Å²) in [6.07, 6.45) is -0.635. The van der Waals surface area contributed by atoms with Gasteiger partial charge in [-0.3, -0.25) is 9.69 Å². The standard InChI is InChI=1S/C18H26N2O5/c1-6-24-15(25-7-2)11-20-16(21)18(4,19-17(20)22)13-8-9-14(23-5)12(3)10-13/h8-10,15H,6-7,11H2,1-5H3,(H,19,22). The molecule has 1 aliphatic heterocycles. The number of hydrogen-bond donors (Lipinski definition) is 1. The molecule has 1 heterocycles. The highest BCUT2D eigenvalue weighted by molar-refractivity contribution is 6.07. The van der Waals surface area contributed by atoms with E-state index in [1.54, 1.807) is 26.2 Å². The zero-order chi connectivity index (χ0) is 18.6. The zero-order valence-corrected chi connectivity index (χ0v) is 15.4. The Morgan fingerprint density at radius 1 is 1.20 bits per heavy atom. The van der Waals surface area contributed by atoms with Crippen molar-refractivity contribution in [3.8, 4) is 5.75 Å². The molecule has 0 radical (unpaired) electrons. The number of nitrogens with one attached hydrogen (secondary N) is 1. The number of ether oxygens (including phenoxy) is 3. The van der Waals surface area contributed by atoms with Gasteiger partial charge in [0.15, 0.2) is 6.29 Å². The second-order valence-electron chi connectivity index (χ2n) is 6.00. The van der Waals surface area contributed by atoms with E-state index in [1.165, 1.54) is 0 Å². The van der Waals surface area contributed by atoms with Crippen molar-refractivity contribution in [1.82, 2.24) is 10.2 Å². The molecule has 2 rings (SSSR count). The Kier molecular flexibility index (Phi) is 6.02. The van der Waals surface area contributed by atoms with Crippen LogP contribution in [0.25, 0.3) is 0 Å². The lowest BCUT2D eigenvalue weighted by Crippen LogP contribution is -2.42. The Morgan fingerprint density at radius 2 is 1.84 bits per heavy atom. The van der Waals surface area contributed by atoms with Gasteiger partial charge in [-0.15, -0.1) is 0 Å². The SMILES string of the molecule is CCOC(CN1C(=O)NC(C)(c2ccc(OC)c(C)c2)C1=O)OCC. The van der Waals surface area contributed by atoms with Crippen LogP contribution in [0.15, 0.2) is 18.2 Å². The van der Waals surface area contributed by atoms with E-state index in [2.05, 4.69) is 5.32 Å². The maximum absolute atomic E-state index is 12.9. The molecular formula is C18H26N2O5. The van der Waals surface area contributed by atoms with Gasteiger partial charge in [-0.1, -0.05) is 6.07 Å². The zero-order valence-electron chi connectivity index (χ0n) is 15.4. The molecule has 1 saturated heterocycles. The topological polar surface area (TPSA) is 77.1 Å². The molecule has 7 nitrogen and oxygen atoms in total. The molecule has 0 spiro atoms. The van der Waals surface area contributed by atoms with Crippen molar-refractivity contribution in [1.29, 1.82) is 0 Å². The first kappa shape index (κ1) is 19.2. The fraction of sp³-hybridized carbons (Fsp3) is 0.556. The van der Waals surface area contributed by atoms with Gasteiger partial charge in [0.1, 0.15) is 11.3 Å². The summed E-state index contributed by atoms with van der Waals surface area (Å²) in [6.45, 7) is 8.18. The van der Waals surface area contributed by atoms with Crippen LogP contribution in [0.1, 0.15) is 31.9 Å². The number of hydrogen-bond acceptors (Lipinski definition) is 5. The summed E-state index contributed by atoms with van der Waals surface area (Å²) in [5.41, 5.74) is 0.469. The van der Waals surface area contributed by atoms with Gasteiger partial charge in [0.05, 0.1) is 13.7 Å². The van der Waals surface area contributed by atoms with Gasteiger partial charge in [-0.2, -0.15) is 0 Å². The van der Waals surface area contributed by atoms with E-state index in [0.717, 1.165) is 16.2 Å². The molecule has 1 unspecified atom stereocenters. The second-order valence-corrected chi connectivity index (χ2v) is 6.00. The highest BCUT2D eigenvalue weighted by atomic mass is 16.7. The lowest BCUT2D eigenvalue weighted by atomic mass is 9.90. The van der Waals surface area contributed by atoms with Crippen LogP contribution < -0.4 is 10.1 Å². The predicted octanol–water partition coefficient (Wildman–Crippen LogP) is 2.17. The Balaban J connectivity index is 2.25. The number of aryl methyl sites for hydroxylation is 1. The van der Waals surface area contributed by atoms with Crippen molar-refractivity contribution >= 4 is 11.9 Å². The molecule has 1 fully saturated rings. The number of carbonyl (C=O) groups excluding carboxylic acids is 2. The van der Waals surface area contributed by atoms with Crippen LogP contribution in [-0.4, -0.2) is 50.0 Å². The average Bonchev–Trinajstić information content (AvgIpc) is 2.79. The number of rotatable bonds is 8. The predicted molar refractivity (Wildman–Crippen MR) is 92.4 cm³/mol. The highest BCUT2D eigenvalue weighted by Gasteiger charge is 2.49. The van der Waals surface area contributed by atoms with Gasteiger partial charge in [-0.25, -0.2) is 4.79 Å². The lowest BCUT2D eigenvalue weighted by molar-refractivity contribution is -0.153. The number of imide groups is 1. The van der Waals surface area contributed by atoms with Crippen molar-refractivity contribution in [2.24, 2.45) is 0 Å². The Morgan fingerprint density at radius 3 is 2.36 bits per heavy atom. The molecule has 0 aliphatic carbocycles. The Hall–Kier alpha value is -2.12. The molecular weight excluding hydrogens is 324 g/mol. The van der Waals surface area contributed by atoms with Gasteiger partial charge < -0.3 is 19.5 Å². The lowest BCUT2D eigenvalue weighted by Gasteiger charge is -2.25. The third-order valence-corrected chi connectivity index (χ3v) is 4.28. The van der Waals surface area contributed by atoms with Crippen LogP contribution >= 0.6 is 0 Å². The normalized spacial score (nSPS) is 20.3. The summed E-state index contributed by atoms with van der Waals surface area (Å²) < 4.78 is 16.2. The fourth-order valence-electron chi connectivity index (χ4n) is 2.92. The van der Waals surface area contributed by atoms with Crippen LogP contribution in [0.2, 0.25) is 0 Å². The molecule has 0 saturated carbocycles. The molecule has 1 aromatic rings. The number of nitrogens with zero attached hydrogens (tertiary/aromatic N) is 1. The number of methoxy groups -OCH3 is 1. The van der Waals surface area contributed by atoms with Crippen LogP contribution in [0.5, 0.6) is 5.75 Å². The molecule has 138 valence electrons. The number of carbonyl (C=O) groups is 2. The monoisotopic (exact) mass is 350 g/mol. The summed E-state index contributed by atoms with van der Waals surface area (Å²) in [7, 11) is 1.59. The third kappa shape index (κ3) is 3.77. The van der Waals surface area contributed by atoms with Gasteiger partial charge >= 0.3 is 6.03 Å². The molecule has 1 atom stereocenters. The first-order valence-corrected chi connectivity index (χ1v) is 8.39. The van der Waals surface area contributed by atoms with Crippen molar-refractivity contribution in [2.75, 3.05) is 26.9 Å². The van der Waals surface area contributed by atoms with Crippen LogP contribution in [0.3, 0.4) is 0 Å². The Bertz CT molecular complexity index is 642. The minimum absolute atomic E-state index is 0.0527. The third-order valence-electron chi connectivity index (χ3n) is 4.28. The van der Waals surface area contributed by atoms with Crippen molar-refractivity contribution in [2.45, 2.75) is 39.5 Å². The molecule has 1 N–H and O–H groups in total. The fourth-order valence-corrected chi connectivity index (χ4v) is 2.92. The highest BCUT2D eigenvalue weighted by Crippen LogP contribution is 2.32. The molecule has 25 heavy (non-hydrogen) atoms. The second kappa shape index (κ2) is 7.84. The minimum atomic E-state index is -1.13. The van der Waals surface area contributed by atoms with E-state index in [-0.39, 0.29) is 12.5 Å². The van der Waals surface area contributed by atoms with Gasteiger partial charge in [0, 0.05) is 13.2 Å². The maximum Gasteiger partial charge on any atom is 0.325 e. The van der Waals surface area contributed by atoms with Crippen molar-refractivity contribution < 1.29 is 23.8 Å². The molecule has 7 heteroatoms. The first-order chi connectivity index (χ1) is 11.9. The summed E-state index contributed by atoms with van der Waals surface area (Å²) >= 11 is 0. The van der Waals surface area contributed by atoms with Gasteiger partial charge in [0.25, 0.3) is 5.91 Å². The summed E-state index contributed by atoms with van der Waals surface area (Å²) in [5.74, 6) is 0.403. The van der Waals surface area contributed by atoms with Crippen molar-refractivity contribution in [3.05, 3.63) is 29.3 Å². The number of benzene rings is 1. The van der Waals surface area contributed by atoms with E-state index < -0.39 is 17.9 Å². The largest absolute Gasteiger partial charge is 0.496 e. The van der Waals surface area contributed by atoms with E-state index in [0.29, 0.717) is 18.8 Å². The summed E-state index contributed by atoms with van der Waals surface area (Å²) in [5, 5.41) is 2.79. The smallest absolute Gasteiger partial charge is 0.325 e. The molecule has 1 aromatic carbocycles. The molecule has 0 bridgehead atoms. The van der Waals surface area contributed by atoms with Gasteiger partial charge in [0.2, 0.25) is 0 Å². The summed E-state index contributed by atoms with van der Waals surface area (Å²) in [4.78, 5) is 26.5. The quantitative estimate of drug-likeness (QED) is 0.574. The molecule has 3 amide bonds.